The predicted octanol–water partition coefficient (Wildman–Crippen LogP) is 3.22. The van der Waals surface area contributed by atoms with Crippen LogP contribution in [0.25, 0.3) is 11.1 Å². The lowest BCUT2D eigenvalue weighted by Crippen LogP contribution is -2.23. The van der Waals surface area contributed by atoms with Crippen molar-refractivity contribution in [2.75, 3.05) is 19.6 Å². The van der Waals surface area contributed by atoms with Gasteiger partial charge in [-0.2, -0.15) is 5.26 Å². The predicted molar refractivity (Wildman–Crippen MR) is 92.0 cm³/mol. The molecule has 0 saturated carbocycles. The van der Waals surface area contributed by atoms with Crippen LogP contribution < -0.4 is 0 Å². The summed E-state index contributed by atoms with van der Waals surface area (Å²) in [6.45, 7) is 2.92. The summed E-state index contributed by atoms with van der Waals surface area (Å²) in [4.78, 5) is 2.34. The zero-order valence-corrected chi connectivity index (χ0v) is 13.3. The molecular weight excluding hydrogens is 284 g/mol. The van der Waals surface area contributed by atoms with Crippen LogP contribution in [0.5, 0.6) is 0 Å². The largest absolute Gasteiger partial charge is 0.392 e. The van der Waals surface area contributed by atoms with Crippen molar-refractivity contribution >= 4 is 0 Å². The van der Waals surface area contributed by atoms with Crippen molar-refractivity contribution in [3.05, 3.63) is 59.7 Å². The number of aliphatic hydroxyl groups excluding tert-OH is 1. The molecule has 0 spiro atoms. The molecule has 118 valence electrons. The third-order valence-electron chi connectivity index (χ3n) is 4.49. The first-order valence-electron chi connectivity index (χ1n) is 8.24. The lowest BCUT2D eigenvalue weighted by Gasteiger charge is -2.14. The van der Waals surface area contributed by atoms with Crippen molar-refractivity contribution in [2.24, 2.45) is 0 Å². The molecule has 1 atom stereocenters. The van der Waals surface area contributed by atoms with Crippen molar-refractivity contribution in [1.82, 2.24) is 4.90 Å². The van der Waals surface area contributed by atoms with Gasteiger partial charge in [-0.05, 0) is 54.6 Å². The van der Waals surface area contributed by atoms with Crippen molar-refractivity contribution in [3.8, 4) is 17.2 Å². The van der Waals surface area contributed by atoms with Gasteiger partial charge in [0, 0.05) is 13.1 Å². The van der Waals surface area contributed by atoms with Crippen LogP contribution in [-0.2, 0) is 6.42 Å². The lowest BCUT2D eigenvalue weighted by molar-refractivity contribution is 0.176. The van der Waals surface area contributed by atoms with Crippen LogP contribution in [0.1, 0.15) is 24.0 Å². The summed E-state index contributed by atoms with van der Waals surface area (Å²) in [6.07, 6.45) is 2.99. The molecular formula is C20H22N2O. The number of β-amino-alcohol motifs (C(OH)–C–C–N with tert-alkyl or cyclic N) is 1. The molecule has 1 saturated heterocycles. The average molecular weight is 306 g/mol. The molecule has 0 aliphatic carbocycles. The van der Waals surface area contributed by atoms with Crippen LogP contribution >= 0.6 is 0 Å². The van der Waals surface area contributed by atoms with E-state index in [0.717, 1.165) is 44.5 Å². The Morgan fingerprint density at radius 3 is 2.26 bits per heavy atom. The number of hydrogen-bond donors (Lipinski definition) is 1. The Labute approximate surface area is 137 Å². The summed E-state index contributed by atoms with van der Waals surface area (Å²) in [7, 11) is 0. The molecule has 3 rings (SSSR count). The van der Waals surface area contributed by atoms with E-state index in [-0.39, 0.29) is 6.10 Å². The Kier molecular flexibility index (Phi) is 5.07. The molecule has 1 heterocycles. The molecule has 1 fully saturated rings. The maximum Gasteiger partial charge on any atom is 0.0991 e. The molecule has 0 bridgehead atoms. The monoisotopic (exact) mass is 306 g/mol. The SMILES string of the molecule is N#Cc1ccc(-c2ccc(CCCN3CC[C@@H](O)C3)cc2)cc1. The second kappa shape index (κ2) is 7.41. The van der Waals surface area contributed by atoms with Crippen molar-refractivity contribution in [2.45, 2.75) is 25.4 Å². The molecule has 23 heavy (non-hydrogen) atoms. The van der Waals surface area contributed by atoms with E-state index in [0.29, 0.717) is 5.56 Å². The second-order valence-corrected chi connectivity index (χ2v) is 6.23. The quantitative estimate of drug-likeness (QED) is 0.922. The van der Waals surface area contributed by atoms with Crippen molar-refractivity contribution in [3.63, 3.8) is 0 Å². The Bertz CT molecular complexity index is 670. The zero-order valence-electron chi connectivity index (χ0n) is 13.3. The summed E-state index contributed by atoms with van der Waals surface area (Å²) in [5.41, 5.74) is 4.36. The molecule has 1 aliphatic heterocycles. The van der Waals surface area contributed by atoms with E-state index in [4.69, 9.17) is 5.26 Å². The number of aryl methyl sites for hydroxylation is 1. The maximum atomic E-state index is 9.53. The maximum absolute atomic E-state index is 9.53. The van der Waals surface area contributed by atoms with E-state index in [9.17, 15) is 5.11 Å². The summed E-state index contributed by atoms with van der Waals surface area (Å²) >= 11 is 0. The van der Waals surface area contributed by atoms with Crippen LogP contribution in [0, 0.1) is 11.3 Å². The van der Waals surface area contributed by atoms with Crippen LogP contribution in [-0.4, -0.2) is 35.7 Å². The zero-order chi connectivity index (χ0) is 16.1. The van der Waals surface area contributed by atoms with Gasteiger partial charge in [0.15, 0.2) is 0 Å². The smallest absolute Gasteiger partial charge is 0.0991 e. The van der Waals surface area contributed by atoms with Crippen LogP contribution in [0.4, 0.5) is 0 Å². The number of rotatable bonds is 5. The van der Waals surface area contributed by atoms with Gasteiger partial charge in [0.2, 0.25) is 0 Å². The minimum atomic E-state index is -0.123. The first kappa shape index (κ1) is 15.7. The highest BCUT2D eigenvalue weighted by atomic mass is 16.3. The highest BCUT2D eigenvalue weighted by molar-refractivity contribution is 5.64. The topological polar surface area (TPSA) is 47.3 Å². The fourth-order valence-corrected chi connectivity index (χ4v) is 3.12. The number of hydrogen-bond acceptors (Lipinski definition) is 3. The number of aliphatic hydroxyl groups is 1. The third-order valence-corrected chi connectivity index (χ3v) is 4.49. The minimum Gasteiger partial charge on any atom is -0.392 e. The molecule has 0 aromatic heterocycles. The van der Waals surface area contributed by atoms with E-state index in [1.165, 1.54) is 11.1 Å². The van der Waals surface area contributed by atoms with Gasteiger partial charge in [0.05, 0.1) is 17.7 Å². The Hall–Kier alpha value is -2.15. The van der Waals surface area contributed by atoms with Crippen LogP contribution in [0.3, 0.4) is 0 Å². The highest BCUT2D eigenvalue weighted by Crippen LogP contribution is 2.21. The van der Waals surface area contributed by atoms with Gasteiger partial charge in [-0.15, -0.1) is 0 Å². The summed E-state index contributed by atoms with van der Waals surface area (Å²) in [6, 6.07) is 18.5. The fraction of sp³-hybridized carbons (Fsp3) is 0.350. The molecule has 0 amide bonds. The van der Waals surface area contributed by atoms with E-state index < -0.39 is 0 Å². The number of likely N-dealkylation sites (tertiary alicyclic amines) is 1. The normalized spacial score (nSPS) is 18.0. The fourth-order valence-electron chi connectivity index (χ4n) is 3.12. The summed E-state index contributed by atoms with van der Waals surface area (Å²) in [5.74, 6) is 0. The summed E-state index contributed by atoms with van der Waals surface area (Å²) in [5, 5.41) is 18.4. The minimum absolute atomic E-state index is 0.123. The summed E-state index contributed by atoms with van der Waals surface area (Å²) < 4.78 is 0. The number of benzene rings is 2. The van der Waals surface area contributed by atoms with E-state index >= 15 is 0 Å². The van der Waals surface area contributed by atoms with Gasteiger partial charge in [0.25, 0.3) is 0 Å². The molecule has 3 heteroatoms. The molecule has 3 nitrogen and oxygen atoms in total. The van der Waals surface area contributed by atoms with Gasteiger partial charge in [-0.25, -0.2) is 0 Å². The third kappa shape index (κ3) is 4.19. The highest BCUT2D eigenvalue weighted by Gasteiger charge is 2.18. The molecule has 1 N–H and O–H groups in total. The first-order valence-corrected chi connectivity index (χ1v) is 8.24. The Morgan fingerprint density at radius 1 is 1.04 bits per heavy atom. The molecule has 2 aromatic carbocycles. The second-order valence-electron chi connectivity index (χ2n) is 6.23. The molecule has 2 aromatic rings. The molecule has 0 radical (unpaired) electrons. The van der Waals surface area contributed by atoms with Crippen LogP contribution in [0.2, 0.25) is 0 Å². The Morgan fingerprint density at radius 2 is 1.70 bits per heavy atom. The van der Waals surface area contributed by atoms with Gasteiger partial charge in [-0.3, -0.25) is 0 Å². The van der Waals surface area contributed by atoms with Crippen molar-refractivity contribution in [1.29, 1.82) is 5.26 Å². The number of nitrogens with zero attached hydrogens (tertiary/aromatic N) is 2. The molecule has 0 unspecified atom stereocenters. The lowest BCUT2D eigenvalue weighted by atomic mass is 10.0. The molecule has 1 aliphatic rings. The first-order chi connectivity index (χ1) is 11.2. The van der Waals surface area contributed by atoms with E-state index in [1.54, 1.807) is 0 Å². The van der Waals surface area contributed by atoms with Gasteiger partial charge in [0.1, 0.15) is 0 Å². The van der Waals surface area contributed by atoms with E-state index in [1.807, 2.05) is 24.3 Å². The number of nitriles is 1. The van der Waals surface area contributed by atoms with E-state index in [2.05, 4.69) is 35.2 Å². The van der Waals surface area contributed by atoms with Crippen molar-refractivity contribution < 1.29 is 5.11 Å². The van der Waals surface area contributed by atoms with Gasteiger partial charge in [-0.1, -0.05) is 36.4 Å². The average Bonchev–Trinajstić information content (AvgIpc) is 3.01. The Balaban J connectivity index is 1.53. The van der Waals surface area contributed by atoms with Gasteiger partial charge < -0.3 is 10.0 Å². The van der Waals surface area contributed by atoms with Crippen LogP contribution in [0.15, 0.2) is 48.5 Å². The standard InChI is InChI=1S/C20H22N2O/c21-14-17-5-9-19(10-6-17)18-7-3-16(4-8-18)2-1-12-22-13-11-20(23)15-22/h3-10,20,23H,1-2,11-13,15H2/t20-/m1/s1. The van der Waals surface area contributed by atoms with Gasteiger partial charge >= 0.3 is 0 Å².